The largest absolute Gasteiger partial charge is 0.489 e. The Labute approximate surface area is 178 Å². The van der Waals surface area contributed by atoms with Gasteiger partial charge in [-0.15, -0.1) is 0 Å². The van der Waals surface area contributed by atoms with Gasteiger partial charge in [-0.1, -0.05) is 36.4 Å². The zero-order valence-electron chi connectivity index (χ0n) is 16.8. The van der Waals surface area contributed by atoms with Gasteiger partial charge in [-0.3, -0.25) is 0 Å². The summed E-state index contributed by atoms with van der Waals surface area (Å²) >= 11 is 0. The fourth-order valence-electron chi connectivity index (χ4n) is 3.73. The van der Waals surface area contributed by atoms with Gasteiger partial charge in [0.1, 0.15) is 17.7 Å². The predicted molar refractivity (Wildman–Crippen MR) is 121 cm³/mol. The number of hydrogen-bond acceptors (Lipinski definition) is 5. The first-order valence-corrected chi connectivity index (χ1v) is 10.1. The third kappa shape index (κ3) is 3.88. The van der Waals surface area contributed by atoms with Gasteiger partial charge in [-0.25, -0.2) is 9.78 Å². The van der Waals surface area contributed by atoms with Crippen LogP contribution in [0.3, 0.4) is 0 Å². The van der Waals surface area contributed by atoms with Crippen molar-refractivity contribution in [1.82, 2.24) is 9.97 Å². The number of ether oxygens (including phenoxy) is 1. The number of nitrogens with one attached hydrogen (secondary N) is 1. The van der Waals surface area contributed by atoms with Gasteiger partial charge in [0, 0.05) is 29.2 Å². The fraction of sp³-hybridized carbons (Fsp3) is 0.120. The molecular formula is C25H21N3O3. The van der Waals surface area contributed by atoms with E-state index in [2.05, 4.69) is 9.97 Å². The highest BCUT2D eigenvalue weighted by molar-refractivity contribution is 5.88. The Hall–Kier alpha value is -4.06. The zero-order chi connectivity index (χ0) is 21.2. The first-order valence-electron chi connectivity index (χ1n) is 10.1. The number of anilines is 1. The van der Waals surface area contributed by atoms with Gasteiger partial charge in [-0.2, -0.15) is 0 Å². The molecule has 3 N–H and O–H groups in total. The minimum Gasteiger partial charge on any atom is -0.489 e. The van der Waals surface area contributed by atoms with E-state index in [1.807, 2.05) is 54.7 Å². The molecule has 3 aromatic carbocycles. The van der Waals surface area contributed by atoms with Crippen molar-refractivity contribution in [2.24, 2.45) is 0 Å². The zero-order valence-corrected chi connectivity index (χ0v) is 16.8. The minimum atomic E-state index is -0.450. The van der Waals surface area contributed by atoms with E-state index in [0.717, 1.165) is 27.8 Å². The number of aromatic nitrogens is 2. The van der Waals surface area contributed by atoms with Gasteiger partial charge in [0.25, 0.3) is 0 Å². The molecule has 0 fully saturated rings. The van der Waals surface area contributed by atoms with Crippen LogP contribution in [0.5, 0.6) is 5.75 Å². The summed E-state index contributed by atoms with van der Waals surface area (Å²) in [5.74, 6) is 1.21. The van der Waals surface area contributed by atoms with Crippen LogP contribution in [0.1, 0.15) is 17.0 Å². The number of rotatable bonds is 6. The lowest BCUT2D eigenvalue weighted by atomic mass is 10.1. The van der Waals surface area contributed by atoms with Crippen LogP contribution in [-0.4, -0.2) is 9.97 Å². The van der Waals surface area contributed by atoms with Crippen LogP contribution in [0.25, 0.3) is 21.8 Å². The van der Waals surface area contributed by atoms with Crippen LogP contribution >= 0.6 is 0 Å². The average molecular weight is 411 g/mol. The number of nitrogen functional groups attached to an aromatic ring is 1. The third-order valence-corrected chi connectivity index (χ3v) is 5.33. The molecule has 0 spiro atoms. The molecule has 5 rings (SSSR count). The van der Waals surface area contributed by atoms with Crippen molar-refractivity contribution in [1.29, 1.82) is 0 Å². The molecule has 154 valence electrons. The Morgan fingerprint density at radius 2 is 1.87 bits per heavy atom. The molecule has 0 aliphatic rings. The van der Waals surface area contributed by atoms with Crippen LogP contribution in [0, 0.1) is 0 Å². The van der Waals surface area contributed by atoms with Crippen molar-refractivity contribution in [3.63, 3.8) is 0 Å². The summed E-state index contributed by atoms with van der Waals surface area (Å²) < 4.78 is 11.4. The number of aromatic amines is 1. The van der Waals surface area contributed by atoms with Crippen LogP contribution in [0.15, 0.2) is 82.1 Å². The molecule has 2 heterocycles. The smallest absolute Gasteiger partial charge is 0.348 e. The number of fused-ring (bicyclic) bond motifs is 2. The van der Waals surface area contributed by atoms with Crippen LogP contribution in [0.2, 0.25) is 0 Å². The Bertz CT molecular complexity index is 1420. The van der Waals surface area contributed by atoms with E-state index in [1.54, 1.807) is 18.2 Å². The van der Waals surface area contributed by atoms with Gasteiger partial charge in [0.05, 0.1) is 5.52 Å². The molecule has 5 aromatic rings. The molecule has 2 aromatic heterocycles. The summed E-state index contributed by atoms with van der Waals surface area (Å²) in [6.07, 6.45) is 3.15. The maximum Gasteiger partial charge on any atom is 0.348 e. The second-order valence-corrected chi connectivity index (χ2v) is 7.43. The lowest BCUT2D eigenvalue weighted by Crippen LogP contribution is -2.08. The Morgan fingerprint density at radius 3 is 2.74 bits per heavy atom. The van der Waals surface area contributed by atoms with Gasteiger partial charge in [0.2, 0.25) is 0 Å². The monoisotopic (exact) mass is 411 g/mol. The van der Waals surface area contributed by atoms with Crippen molar-refractivity contribution in [2.75, 3.05) is 5.73 Å². The molecule has 0 radical (unpaired) electrons. The van der Waals surface area contributed by atoms with Crippen molar-refractivity contribution in [3.8, 4) is 5.75 Å². The van der Waals surface area contributed by atoms with E-state index in [0.29, 0.717) is 41.9 Å². The maximum atomic E-state index is 12.3. The van der Waals surface area contributed by atoms with E-state index in [4.69, 9.17) is 14.9 Å². The van der Waals surface area contributed by atoms with Gasteiger partial charge in [0.15, 0.2) is 5.89 Å². The van der Waals surface area contributed by atoms with Gasteiger partial charge < -0.3 is 19.9 Å². The van der Waals surface area contributed by atoms with E-state index >= 15 is 0 Å². The van der Waals surface area contributed by atoms with Crippen LogP contribution in [0.4, 0.5) is 5.69 Å². The molecule has 6 nitrogen and oxygen atoms in total. The summed E-state index contributed by atoms with van der Waals surface area (Å²) in [5, 5.41) is 1.41. The van der Waals surface area contributed by atoms with Crippen molar-refractivity contribution < 1.29 is 9.15 Å². The maximum absolute atomic E-state index is 12.3. The number of nitrogens with zero attached hydrogens (tertiary/aromatic N) is 1. The molecule has 6 heteroatoms. The molecule has 31 heavy (non-hydrogen) atoms. The highest BCUT2D eigenvalue weighted by Crippen LogP contribution is 2.25. The van der Waals surface area contributed by atoms with Gasteiger partial charge in [-0.05, 0) is 47.9 Å². The van der Waals surface area contributed by atoms with Crippen LogP contribution in [-0.2, 0) is 19.4 Å². The summed E-state index contributed by atoms with van der Waals surface area (Å²) in [4.78, 5) is 20.1. The summed E-state index contributed by atoms with van der Waals surface area (Å²) in [5.41, 5.74) is 9.63. The first-order chi connectivity index (χ1) is 15.2. The standard InChI is InChI=1S/C25H21N3O3/c26-20-7-4-8-22-24(20)25(29)31-23(28-22)12-9-17-14-27-21-11-10-18(13-19(17)21)30-15-16-5-2-1-3-6-16/h1-8,10-11,13-14,27H,9,12,15,26H2. The summed E-state index contributed by atoms with van der Waals surface area (Å²) in [7, 11) is 0. The molecule has 0 saturated carbocycles. The fourth-order valence-corrected chi connectivity index (χ4v) is 3.73. The Balaban J connectivity index is 1.36. The first kappa shape index (κ1) is 18.9. The average Bonchev–Trinajstić information content (AvgIpc) is 3.19. The van der Waals surface area contributed by atoms with E-state index in [-0.39, 0.29) is 0 Å². The topological polar surface area (TPSA) is 94.1 Å². The molecule has 0 unspecified atom stereocenters. The van der Waals surface area contributed by atoms with Crippen molar-refractivity contribution in [3.05, 3.63) is 100 Å². The Kier molecular flexibility index (Phi) is 4.88. The SMILES string of the molecule is Nc1cccc2nc(CCc3c[nH]c4ccc(OCc5ccccc5)cc34)oc(=O)c12. The molecule has 0 aliphatic carbocycles. The quantitative estimate of drug-likeness (QED) is 0.398. The number of hydrogen-bond donors (Lipinski definition) is 2. The van der Waals surface area contributed by atoms with E-state index < -0.39 is 5.63 Å². The lowest BCUT2D eigenvalue weighted by Gasteiger charge is -2.07. The third-order valence-electron chi connectivity index (χ3n) is 5.33. The number of nitrogens with two attached hydrogens (primary N) is 1. The molecule has 0 amide bonds. The van der Waals surface area contributed by atoms with Crippen LogP contribution < -0.4 is 16.1 Å². The number of benzene rings is 3. The molecule has 0 aliphatic heterocycles. The highest BCUT2D eigenvalue weighted by atomic mass is 16.5. The number of aryl methyl sites for hydroxylation is 2. The number of H-pyrrole nitrogens is 1. The summed E-state index contributed by atoms with van der Waals surface area (Å²) in [6.45, 7) is 0.515. The molecule has 0 saturated heterocycles. The lowest BCUT2D eigenvalue weighted by molar-refractivity contribution is 0.306. The molecular weight excluding hydrogens is 390 g/mol. The van der Waals surface area contributed by atoms with Crippen molar-refractivity contribution in [2.45, 2.75) is 19.4 Å². The predicted octanol–water partition coefficient (Wildman–Crippen LogP) is 4.62. The van der Waals surface area contributed by atoms with Gasteiger partial charge >= 0.3 is 5.63 Å². The molecule has 0 bridgehead atoms. The van der Waals surface area contributed by atoms with Crippen molar-refractivity contribution >= 4 is 27.5 Å². The molecule has 0 atom stereocenters. The highest BCUT2D eigenvalue weighted by Gasteiger charge is 2.11. The van der Waals surface area contributed by atoms with E-state index in [9.17, 15) is 4.79 Å². The van der Waals surface area contributed by atoms with E-state index in [1.165, 1.54) is 0 Å². The second-order valence-electron chi connectivity index (χ2n) is 7.43. The summed E-state index contributed by atoms with van der Waals surface area (Å²) in [6, 6.07) is 21.3. The minimum absolute atomic E-state index is 0.332. The second kappa shape index (κ2) is 7.99. The normalized spacial score (nSPS) is 11.2. The Morgan fingerprint density at radius 1 is 1.00 bits per heavy atom.